The van der Waals surface area contributed by atoms with E-state index in [0.717, 1.165) is 77.0 Å². The van der Waals surface area contributed by atoms with Gasteiger partial charge in [-0.2, -0.15) is 0 Å². The lowest BCUT2D eigenvalue weighted by molar-refractivity contribution is -0.208. The average molecular weight is 515 g/mol. The van der Waals surface area contributed by atoms with Crippen molar-refractivity contribution in [2.75, 3.05) is 6.61 Å². The first kappa shape index (κ1) is 34.4. The van der Waals surface area contributed by atoms with Crippen molar-refractivity contribution in [3.05, 3.63) is 0 Å². The van der Waals surface area contributed by atoms with Crippen LogP contribution < -0.4 is 0 Å². The van der Waals surface area contributed by atoms with Gasteiger partial charge >= 0.3 is 17.9 Å². The highest BCUT2D eigenvalue weighted by atomic mass is 16.5. The van der Waals surface area contributed by atoms with Crippen molar-refractivity contribution in [1.29, 1.82) is 0 Å². The lowest BCUT2D eigenvalue weighted by Gasteiger charge is -2.44. The number of hydrogen-bond acceptors (Lipinski definition) is 4. The average Bonchev–Trinajstić information content (AvgIpc) is 2.82. The molecule has 0 aromatic rings. The predicted molar refractivity (Wildman–Crippen MR) is 143 cm³/mol. The van der Waals surface area contributed by atoms with Gasteiger partial charge in [-0.05, 0) is 19.3 Å². The SMILES string of the molecule is CCCCCCCCCOC(CC(=O)O)(C(=O)O)C(CCCCC)(CCCCCCCCC)C(=O)O. The van der Waals surface area contributed by atoms with Crippen LogP contribution in [0.4, 0.5) is 0 Å². The Balaban J connectivity index is 5.72. The summed E-state index contributed by atoms with van der Waals surface area (Å²) in [4.78, 5) is 37.5. The second kappa shape index (κ2) is 20.4. The molecule has 0 bridgehead atoms. The molecule has 0 aromatic heterocycles. The molecule has 0 aliphatic heterocycles. The Bertz CT molecular complexity index is 606. The predicted octanol–water partition coefficient (Wildman–Crippen LogP) is 7.84. The molecule has 0 fully saturated rings. The van der Waals surface area contributed by atoms with Crippen LogP contribution in [0.2, 0.25) is 0 Å². The number of carbonyl (C=O) groups is 3. The molecule has 2 unspecified atom stereocenters. The van der Waals surface area contributed by atoms with Crippen molar-refractivity contribution >= 4 is 17.9 Å². The molecule has 0 saturated heterocycles. The minimum Gasteiger partial charge on any atom is -0.481 e. The molecule has 0 saturated carbocycles. The minimum atomic E-state index is -2.29. The van der Waals surface area contributed by atoms with Gasteiger partial charge in [0.2, 0.25) is 0 Å². The maximum atomic E-state index is 12.9. The van der Waals surface area contributed by atoms with Crippen molar-refractivity contribution in [2.24, 2.45) is 5.41 Å². The van der Waals surface area contributed by atoms with Gasteiger partial charge < -0.3 is 20.1 Å². The van der Waals surface area contributed by atoms with E-state index in [-0.39, 0.29) is 19.4 Å². The molecule has 0 aliphatic rings. The van der Waals surface area contributed by atoms with Crippen LogP contribution >= 0.6 is 0 Å². The summed E-state index contributed by atoms with van der Waals surface area (Å²) in [5.74, 6) is -4.08. The van der Waals surface area contributed by atoms with Crippen molar-refractivity contribution in [2.45, 2.75) is 155 Å². The molecule has 0 amide bonds. The molecule has 7 nitrogen and oxygen atoms in total. The topological polar surface area (TPSA) is 121 Å². The molecule has 0 radical (unpaired) electrons. The quantitative estimate of drug-likeness (QED) is 0.100. The van der Waals surface area contributed by atoms with Crippen LogP contribution in [0, 0.1) is 5.41 Å². The smallest absolute Gasteiger partial charge is 0.337 e. The summed E-state index contributed by atoms with van der Waals surface area (Å²) in [6.45, 7) is 6.35. The summed E-state index contributed by atoms with van der Waals surface area (Å²) >= 11 is 0. The third kappa shape index (κ3) is 12.1. The maximum absolute atomic E-state index is 12.9. The molecule has 0 heterocycles. The third-order valence-electron chi connectivity index (χ3n) is 7.44. The summed E-state index contributed by atoms with van der Waals surface area (Å²) in [6.07, 6.45) is 15.3. The third-order valence-corrected chi connectivity index (χ3v) is 7.44. The highest BCUT2D eigenvalue weighted by Crippen LogP contribution is 2.47. The van der Waals surface area contributed by atoms with Crippen LogP contribution in [0.3, 0.4) is 0 Å². The standard InChI is InChI=1S/C29H54O7/c1-4-7-10-12-14-16-19-22-28(26(32)33,21-18-9-6-3)29(27(34)35,24-25(30)31)36-23-20-17-15-13-11-8-5-2/h4-24H2,1-3H3,(H,30,31)(H,32,33)(H,34,35). The lowest BCUT2D eigenvalue weighted by Crippen LogP contribution is -2.61. The number of rotatable bonds is 26. The highest BCUT2D eigenvalue weighted by molar-refractivity contribution is 5.92. The van der Waals surface area contributed by atoms with Gasteiger partial charge in [0, 0.05) is 6.61 Å². The van der Waals surface area contributed by atoms with E-state index >= 15 is 0 Å². The van der Waals surface area contributed by atoms with Crippen molar-refractivity contribution in [3.8, 4) is 0 Å². The van der Waals surface area contributed by atoms with Crippen molar-refractivity contribution in [3.63, 3.8) is 0 Å². The molecule has 0 spiro atoms. The Kier molecular flexibility index (Phi) is 19.5. The molecular formula is C29H54O7. The van der Waals surface area contributed by atoms with Gasteiger partial charge in [0.05, 0.1) is 6.42 Å². The number of hydrogen-bond donors (Lipinski definition) is 3. The van der Waals surface area contributed by atoms with E-state index in [0.29, 0.717) is 19.3 Å². The van der Waals surface area contributed by atoms with E-state index in [9.17, 15) is 29.7 Å². The number of ether oxygens (including phenoxy) is 1. The fourth-order valence-electron chi connectivity index (χ4n) is 5.20. The molecule has 36 heavy (non-hydrogen) atoms. The van der Waals surface area contributed by atoms with Gasteiger partial charge in [0.1, 0.15) is 5.41 Å². The van der Waals surface area contributed by atoms with Gasteiger partial charge in [0.25, 0.3) is 0 Å². The Morgan fingerprint density at radius 3 is 1.36 bits per heavy atom. The summed E-state index contributed by atoms with van der Waals surface area (Å²) in [7, 11) is 0. The molecule has 2 atom stereocenters. The highest BCUT2D eigenvalue weighted by Gasteiger charge is 2.63. The minimum absolute atomic E-state index is 0.0488. The first-order chi connectivity index (χ1) is 17.2. The van der Waals surface area contributed by atoms with Crippen LogP contribution in [0.15, 0.2) is 0 Å². The van der Waals surface area contributed by atoms with E-state index in [1.54, 1.807) is 0 Å². The lowest BCUT2D eigenvalue weighted by atomic mass is 9.63. The monoisotopic (exact) mass is 514 g/mol. The fraction of sp³-hybridized carbons (Fsp3) is 0.897. The van der Waals surface area contributed by atoms with Crippen LogP contribution in [0.25, 0.3) is 0 Å². The Morgan fingerprint density at radius 1 is 0.556 bits per heavy atom. The van der Waals surface area contributed by atoms with E-state index in [1.807, 2.05) is 6.92 Å². The van der Waals surface area contributed by atoms with E-state index in [4.69, 9.17) is 4.74 Å². The maximum Gasteiger partial charge on any atom is 0.337 e. The van der Waals surface area contributed by atoms with Gasteiger partial charge in [-0.1, -0.05) is 124 Å². The molecule has 0 rings (SSSR count). The molecular weight excluding hydrogens is 460 g/mol. The van der Waals surface area contributed by atoms with Crippen molar-refractivity contribution in [1.82, 2.24) is 0 Å². The number of unbranched alkanes of at least 4 members (excludes halogenated alkanes) is 14. The number of carboxylic acids is 3. The molecule has 0 aromatic carbocycles. The zero-order valence-electron chi connectivity index (χ0n) is 23.3. The Hall–Kier alpha value is -1.63. The van der Waals surface area contributed by atoms with E-state index in [2.05, 4.69) is 13.8 Å². The van der Waals surface area contributed by atoms with Gasteiger partial charge in [-0.15, -0.1) is 0 Å². The van der Waals surface area contributed by atoms with Gasteiger partial charge in [-0.3, -0.25) is 9.59 Å². The van der Waals surface area contributed by atoms with Crippen molar-refractivity contribution < 1.29 is 34.4 Å². The summed E-state index contributed by atoms with van der Waals surface area (Å²) < 4.78 is 5.94. The summed E-state index contributed by atoms with van der Waals surface area (Å²) in [6, 6.07) is 0. The molecule has 0 aliphatic carbocycles. The Labute approximate surface area is 219 Å². The first-order valence-corrected chi connectivity index (χ1v) is 14.6. The zero-order valence-corrected chi connectivity index (χ0v) is 23.3. The summed E-state index contributed by atoms with van der Waals surface area (Å²) in [5.41, 5.74) is -4.07. The second-order valence-corrected chi connectivity index (χ2v) is 10.4. The Morgan fingerprint density at radius 2 is 0.944 bits per heavy atom. The van der Waals surface area contributed by atoms with Crippen LogP contribution in [-0.2, 0) is 19.1 Å². The normalized spacial score (nSPS) is 14.8. The first-order valence-electron chi connectivity index (χ1n) is 14.6. The van der Waals surface area contributed by atoms with Gasteiger partial charge in [0.15, 0.2) is 5.60 Å². The van der Waals surface area contributed by atoms with Crippen LogP contribution in [0.1, 0.15) is 149 Å². The van der Waals surface area contributed by atoms with E-state index in [1.165, 1.54) is 12.8 Å². The van der Waals surface area contributed by atoms with E-state index < -0.39 is 35.3 Å². The zero-order chi connectivity index (χ0) is 27.3. The summed E-state index contributed by atoms with van der Waals surface area (Å²) in [5, 5.41) is 30.5. The van der Waals surface area contributed by atoms with Gasteiger partial charge in [-0.25, -0.2) is 4.79 Å². The second-order valence-electron chi connectivity index (χ2n) is 10.4. The molecule has 212 valence electrons. The van der Waals surface area contributed by atoms with Crippen LogP contribution in [0.5, 0.6) is 0 Å². The molecule has 7 heteroatoms. The largest absolute Gasteiger partial charge is 0.481 e. The number of carboxylic acid groups (broad SMARTS) is 3. The molecule has 3 N–H and O–H groups in total. The number of aliphatic carboxylic acids is 3. The fourth-order valence-corrected chi connectivity index (χ4v) is 5.20. The van der Waals surface area contributed by atoms with Crippen LogP contribution in [-0.4, -0.2) is 45.4 Å².